The van der Waals surface area contributed by atoms with E-state index in [-0.39, 0.29) is 11.6 Å². The average molecular weight is 334 g/mol. The molecule has 3 atom stereocenters. The van der Waals surface area contributed by atoms with Crippen LogP contribution in [0.1, 0.15) is 45.4 Å². The quantitative estimate of drug-likeness (QED) is 0.876. The minimum atomic E-state index is -1.14. The number of carbonyl (C=O) groups is 1. The molecule has 0 unspecified atom stereocenters. The van der Waals surface area contributed by atoms with E-state index in [0.717, 1.165) is 29.0 Å². The summed E-state index contributed by atoms with van der Waals surface area (Å²) >= 11 is 0. The molecule has 0 amide bonds. The highest BCUT2D eigenvalue weighted by atomic mass is 16.5. The van der Waals surface area contributed by atoms with Crippen molar-refractivity contribution < 1.29 is 14.6 Å². The van der Waals surface area contributed by atoms with Crippen LogP contribution in [0.25, 0.3) is 0 Å². The molecule has 0 bridgehead atoms. The number of anilines is 1. The Labute approximate surface area is 147 Å². The van der Waals surface area contributed by atoms with E-state index >= 15 is 0 Å². The number of benzene rings is 2. The van der Waals surface area contributed by atoms with Gasteiger partial charge in [0.15, 0.2) is 0 Å². The second-order valence-electron chi connectivity index (χ2n) is 6.74. The molecular weight excluding hydrogens is 314 g/mol. The van der Waals surface area contributed by atoms with Crippen LogP contribution < -0.4 is 15.2 Å². The summed E-state index contributed by atoms with van der Waals surface area (Å²) in [6.07, 6.45) is 5.47. The van der Waals surface area contributed by atoms with Crippen molar-refractivity contribution in [2.75, 3.05) is 12.4 Å². The van der Waals surface area contributed by atoms with Gasteiger partial charge >= 0.3 is 0 Å². The smallest absolute Gasteiger partial charge is 0.119 e. The van der Waals surface area contributed by atoms with Crippen molar-refractivity contribution in [2.24, 2.45) is 5.92 Å². The van der Waals surface area contributed by atoms with Gasteiger partial charge in [-0.25, -0.2) is 0 Å². The molecule has 2 aliphatic rings. The summed E-state index contributed by atoms with van der Waals surface area (Å²) in [4.78, 5) is 11.4. The lowest BCUT2D eigenvalue weighted by molar-refractivity contribution is -0.255. The van der Waals surface area contributed by atoms with E-state index in [1.807, 2.05) is 25.1 Å². The first kappa shape index (κ1) is 15.8. The topological polar surface area (TPSA) is 61.4 Å². The fourth-order valence-electron chi connectivity index (χ4n) is 4.20. The Morgan fingerprint density at radius 3 is 2.88 bits per heavy atom. The second kappa shape index (κ2) is 5.96. The monoisotopic (exact) mass is 334 g/mol. The number of allylic oxidation sites excluding steroid dienone is 2. The van der Waals surface area contributed by atoms with Crippen molar-refractivity contribution in [1.29, 1.82) is 0 Å². The standard InChI is InChI=1S/C21H21NO3/c1-12-15(21(23)24)9-10-18-16-7-4-8-17(16)20(22-19(12)18)13-5-3-6-14(11-13)25-2/h3-7,9-11,16-17,20,22H,8H2,1-2H3,(H,23,24)/p-1/t16-,17+,20+/m1/s1. The molecule has 4 nitrogen and oxygen atoms in total. The number of hydrogen-bond donors (Lipinski definition) is 1. The largest absolute Gasteiger partial charge is 0.545 e. The zero-order chi connectivity index (χ0) is 17.6. The predicted molar refractivity (Wildman–Crippen MR) is 94.9 cm³/mol. The molecule has 25 heavy (non-hydrogen) atoms. The number of rotatable bonds is 3. The van der Waals surface area contributed by atoms with Gasteiger partial charge in [0, 0.05) is 17.2 Å². The van der Waals surface area contributed by atoms with Gasteiger partial charge in [-0.15, -0.1) is 0 Å². The van der Waals surface area contributed by atoms with Crippen molar-refractivity contribution in [3.05, 3.63) is 70.8 Å². The van der Waals surface area contributed by atoms with E-state index < -0.39 is 5.97 Å². The highest BCUT2D eigenvalue weighted by molar-refractivity contribution is 5.90. The molecule has 128 valence electrons. The van der Waals surface area contributed by atoms with Crippen molar-refractivity contribution >= 4 is 11.7 Å². The number of hydrogen-bond acceptors (Lipinski definition) is 4. The minimum absolute atomic E-state index is 0.110. The molecule has 1 N–H and O–H groups in total. The third-order valence-electron chi connectivity index (χ3n) is 5.47. The Bertz CT molecular complexity index is 871. The maximum Gasteiger partial charge on any atom is 0.119 e. The number of nitrogens with one attached hydrogen (secondary N) is 1. The molecule has 4 rings (SSSR count). The van der Waals surface area contributed by atoms with Crippen molar-refractivity contribution in [3.8, 4) is 5.75 Å². The van der Waals surface area contributed by atoms with Crippen LogP contribution in [0.3, 0.4) is 0 Å². The molecular formula is C21H20NO3-. The summed E-state index contributed by atoms with van der Waals surface area (Å²) in [7, 11) is 1.67. The van der Waals surface area contributed by atoms with Crippen LogP contribution in [0.5, 0.6) is 5.75 Å². The highest BCUT2D eigenvalue weighted by Gasteiger charge is 2.38. The molecule has 1 aliphatic heterocycles. The molecule has 0 aromatic heterocycles. The molecule has 0 saturated heterocycles. The number of carboxylic acid groups (broad SMARTS) is 1. The van der Waals surface area contributed by atoms with Gasteiger partial charge in [-0.2, -0.15) is 0 Å². The summed E-state index contributed by atoms with van der Waals surface area (Å²) < 4.78 is 5.37. The Morgan fingerprint density at radius 2 is 2.12 bits per heavy atom. The zero-order valence-corrected chi connectivity index (χ0v) is 14.3. The third kappa shape index (κ3) is 2.49. The van der Waals surface area contributed by atoms with Crippen LogP contribution in [0.15, 0.2) is 48.6 Å². The number of methoxy groups -OCH3 is 1. The first-order chi connectivity index (χ1) is 12.1. The van der Waals surface area contributed by atoms with Crippen LogP contribution in [0.2, 0.25) is 0 Å². The Balaban J connectivity index is 1.83. The van der Waals surface area contributed by atoms with Gasteiger partial charge < -0.3 is 20.0 Å². The lowest BCUT2D eigenvalue weighted by atomic mass is 9.76. The third-order valence-corrected chi connectivity index (χ3v) is 5.47. The van der Waals surface area contributed by atoms with Crippen LogP contribution in [0, 0.1) is 12.8 Å². The van der Waals surface area contributed by atoms with Gasteiger partial charge in [-0.3, -0.25) is 0 Å². The number of ether oxygens (including phenoxy) is 1. The fourth-order valence-corrected chi connectivity index (χ4v) is 4.20. The van der Waals surface area contributed by atoms with Gasteiger partial charge in [0.2, 0.25) is 0 Å². The molecule has 4 heteroatoms. The molecule has 2 aromatic rings. The highest BCUT2D eigenvalue weighted by Crippen LogP contribution is 2.51. The summed E-state index contributed by atoms with van der Waals surface area (Å²) in [5, 5.41) is 15.0. The minimum Gasteiger partial charge on any atom is -0.545 e. The van der Waals surface area contributed by atoms with Gasteiger partial charge in [-0.05, 0) is 48.1 Å². The maximum absolute atomic E-state index is 11.4. The van der Waals surface area contributed by atoms with Crippen LogP contribution >= 0.6 is 0 Å². The Kier molecular flexibility index (Phi) is 3.75. The van der Waals surface area contributed by atoms with Gasteiger partial charge in [0.25, 0.3) is 0 Å². The SMILES string of the molecule is COc1cccc([C@@H]2Nc3c(ccc(C(=O)[O-])c3C)[C@@H]3C=CC[C@@H]32)c1. The zero-order valence-electron chi connectivity index (χ0n) is 14.3. The van der Waals surface area contributed by atoms with Gasteiger partial charge in [0.05, 0.1) is 19.1 Å². The van der Waals surface area contributed by atoms with Crippen LogP contribution in [-0.4, -0.2) is 13.1 Å². The van der Waals surface area contributed by atoms with E-state index in [1.54, 1.807) is 13.2 Å². The summed E-state index contributed by atoms with van der Waals surface area (Å²) in [6.45, 7) is 1.85. The van der Waals surface area contributed by atoms with Crippen LogP contribution in [0.4, 0.5) is 5.69 Å². The first-order valence-electron chi connectivity index (χ1n) is 8.52. The number of fused-ring (bicyclic) bond motifs is 3. The predicted octanol–water partition coefficient (Wildman–Crippen LogP) is 3.19. The molecule has 1 heterocycles. The van der Waals surface area contributed by atoms with E-state index in [0.29, 0.717) is 11.8 Å². The van der Waals surface area contributed by atoms with Crippen molar-refractivity contribution in [2.45, 2.75) is 25.3 Å². The number of aromatic carboxylic acids is 1. The normalized spacial score (nSPS) is 23.5. The molecule has 0 radical (unpaired) electrons. The lowest BCUT2D eigenvalue weighted by Crippen LogP contribution is -2.31. The van der Waals surface area contributed by atoms with Gasteiger partial charge in [-0.1, -0.05) is 36.4 Å². The Hall–Kier alpha value is -2.75. The number of carbonyl (C=O) groups excluding carboxylic acids is 1. The molecule has 0 saturated carbocycles. The summed E-state index contributed by atoms with van der Waals surface area (Å²) in [5.41, 5.74) is 4.23. The number of carboxylic acids is 1. The molecule has 0 fully saturated rings. The maximum atomic E-state index is 11.4. The van der Waals surface area contributed by atoms with E-state index in [1.165, 1.54) is 5.56 Å². The second-order valence-corrected chi connectivity index (χ2v) is 6.74. The molecule has 1 aliphatic carbocycles. The van der Waals surface area contributed by atoms with Crippen molar-refractivity contribution in [1.82, 2.24) is 0 Å². The van der Waals surface area contributed by atoms with Crippen LogP contribution in [-0.2, 0) is 0 Å². The summed E-state index contributed by atoms with van der Waals surface area (Å²) in [5.74, 6) is 0.395. The van der Waals surface area contributed by atoms with E-state index in [4.69, 9.17) is 4.74 Å². The Morgan fingerprint density at radius 1 is 1.28 bits per heavy atom. The first-order valence-corrected chi connectivity index (χ1v) is 8.52. The van der Waals surface area contributed by atoms with E-state index in [9.17, 15) is 9.90 Å². The average Bonchev–Trinajstić information content (AvgIpc) is 3.11. The molecule has 2 aromatic carbocycles. The fraction of sp³-hybridized carbons (Fsp3) is 0.286. The van der Waals surface area contributed by atoms with Gasteiger partial charge in [0.1, 0.15) is 5.75 Å². The van der Waals surface area contributed by atoms with E-state index in [2.05, 4.69) is 29.6 Å². The van der Waals surface area contributed by atoms with Crippen molar-refractivity contribution in [3.63, 3.8) is 0 Å². The lowest BCUT2D eigenvalue weighted by Gasteiger charge is -2.39. The molecule has 0 spiro atoms. The summed E-state index contributed by atoms with van der Waals surface area (Å²) in [6, 6.07) is 11.8.